The van der Waals surface area contributed by atoms with Crippen molar-refractivity contribution in [3.05, 3.63) is 513 Å². The molecule has 0 fully saturated rings. The Balaban J connectivity index is 0.000000107. The molecule has 0 N–H and O–H groups in total. The van der Waals surface area contributed by atoms with Crippen LogP contribution in [0.5, 0.6) is 0 Å². The Morgan fingerprint density at radius 1 is 0.164 bits per heavy atom. The number of nitrogens with zero attached hydrogens (tertiary/aromatic N) is 4. The molecule has 25 rings (SSSR count). The second-order valence-electron chi connectivity index (χ2n) is 33.6. The zero-order valence-corrected chi connectivity index (χ0v) is 82.2. The van der Waals surface area contributed by atoms with E-state index in [0.717, 1.165) is 167 Å². The molecule has 0 atom stereocenters. The molecule has 0 amide bonds. The summed E-state index contributed by atoms with van der Waals surface area (Å²) in [5, 5.41) is 16.8. The molecule has 674 valence electrons. The predicted octanol–water partition coefficient (Wildman–Crippen LogP) is 42.2. The molecular weight excluding hydrogens is 1930 g/mol. The van der Waals surface area contributed by atoms with Gasteiger partial charge in [-0.05, 0) is 228 Å². The van der Waals surface area contributed by atoms with Gasteiger partial charge in [-0.25, -0.2) is 0 Å². The number of hydrogen-bond donors (Lipinski definition) is 0. The minimum absolute atomic E-state index is 0.600. The van der Waals surface area contributed by atoms with Gasteiger partial charge in [0, 0.05) is 171 Å². The Hall–Kier alpha value is -14.6. The Labute approximate surface area is 857 Å². The zero-order valence-electron chi connectivity index (χ0n) is 74.5. The lowest BCUT2D eigenvalue weighted by Crippen LogP contribution is -2.11. The first-order valence-electron chi connectivity index (χ1n) is 45.4. The number of furan rings is 2. The number of anilines is 12. The summed E-state index contributed by atoms with van der Waals surface area (Å²) in [4.78, 5) is 9.16. The zero-order chi connectivity index (χ0) is 94.9. The van der Waals surface area contributed by atoms with Crippen molar-refractivity contribution in [3.63, 3.8) is 0 Å². The molecule has 0 unspecified atom stereocenters. The third kappa shape index (κ3) is 18.5. The van der Waals surface area contributed by atoms with Crippen LogP contribution in [-0.4, -0.2) is 0 Å². The van der Waals surface area contributed by atoms with Gasteiger partial charge >= 0.3 is 0 Å². The van der Waals surface area contributed by atoms with Gasteiger partial charge < -0.3 is 28.4 Å². The van der Waals surface area contributed by atoms with E-state index in [4.69, 9.17) is 102 Å². The minimum Gasteiger partial charge on any atom is -0.456 e. The Kier molecular flexibility index (Phi) is 25.9. The van der Waals surface area contributed by atoms with Crippen LogP contribution < -0.4 is 19.6 Å². The molecule has 0 aliphatic rings. The number of para-hydroxylation sites is 10. The molecule has 0 spiro atoms. The normalized spacial score (nSPS) is 11.3. The molecule has 4 heterocycles. The summed E-state index contributed by atoms with van der Waals surface area (Å²) in [6.45, 7) is 0. The van der Waals surface area contributed by atoms with Crippen LogP contribution in [0.15, 0.2) is 482 Å². The van der Waals surface area contributed by atoms with E-state index in [-0.39, 0.29) is 0 Å². The predicted molar refractivity (Wildman–Crippen MR) is 604 cm³/mol. The molecule has 0 radical (unpaired) electrons. The van der Waals surface area contributed by atoms with Crippen molar-refractivity contribution in [2.45, 2.75) is 0 Å². The van der Waals surface area contributed by atoms with Crippen molar-refractivity contribution in [1.29, 1.82) is 0 Å². The second kappa shape index (κ2) is 40.1. The largest absolute Gasteiger partial charge is 0.456 e. The average molecular weight is 2000 g/mol. The van der Waals surface area contributed by atoms with E-state index in [1.54, 1.807) is 24.3 Å². The summed E-state index contributed by atoms with van der Waals surface area (Å²) in [6, 6.07) is 162. The molecule has 4 aromatic heterocycles. The van der Waals surface area contributed by atoms with Gasteiger partial charge in [0.05, 0.1) is 38.8 Å². The quantitative estimate of drug-likeness (QED) is 0.0960. The molecule has 0 aliphatic carbocycles. The van der Waals surface area contributed by atoms with Crippen molar-refractivity contribution < 1.29 is 8.83 Å². The highest BCUT2D eigenvalue weighted by molar-refractivity contribution is 7.26. The lowest BCUT2D eigenvalue weighted by Gasteiger charge is -2.29. The van der Waals surface area contributed by atoms with E-state index in [1.807, 2.05) is 162 Å². The summed E-state index contributed by atoms with van der Waals surface area (Å²) >= 11 is 54.8. The van der Waals surface area contributed by atoms with Crippen LogP contribution in [0.2, 0.25) is 40.2 Å². The maximum atomic E-state index is 6.44. The maximum Gasteiger partial charge on any atom is 0.138 e. The van der Waals surface area contributed by atoms with Gasteiger partial charge in [0.1, 0.15) is 22.3 Å². The van der Waals surface area contributed by atoms with Crippen LogP contribution in [0.25, 0.3) is 140 Å². The number of hydrogen-bond acceptors (Lipinski definition) is 8. The van der Waals surface area contributed by atoms with Crippen molar-refractivity contribution >= 4 is 279 Å². The van der Waals surface area contributed by atoms with Gasteiger partial charge in [-0.3, -0.25) is 0 Å². The van der Waals surface area contributed by atoms with E-state index in [2.05, 4.69) is 329 Å². The molecule has 6 nitrogen and oxygen atoms in total. The Bertz CT molecular complexity index is 8610. The summed E-state index contributed by atoms with van der Waals surface area (Å²) < 4.78 is 17.7. The van der Waals surface area contributed by atoms with Gasteiger partial charge in [-0.1, -0.05) is 354 Å². The van der Waals surface area contributed by atoms with E-state index in [1.165, 1.54) is 40.3 Å². The maximum absolute atomic E-state index is 6.44. The summed E-state index contributed by atoms with van der Waals surface area (Å²) in [5.74, 6) is 0. The van der Waals surface area contributed by atoms with E-state index in [0.29, 0.717) is 40.2 Å². The van der Waals surface area contributed by atoms with Gasteiger partial charge in [0.2, 0.25) is 0 Å². The monoisotopic (exact) mass is 2000 g/mol. The van der Waals surface area contributed by atoms with Crippen LogP contribution in [0.3, 0.4) is 0 Å². The fraction of sp³-hybridized carbons (Fsp3) is 0. The van der Waals surface area contributed by atoms with Crippen LogP contribution >= 0.6 is 115 Å². The van der Waals surface area contributed by atoms with Crippen molar-refractivity contribution in [1.82, 2.24) is 0 Å². The lowest BCUT2D eigenvalue weighted by molar-refractivity contribution is 0.668. The van der Waals surface area contributed by atoms with E-state index in [9.17, 15) is 0 Å². The second-order valence-corrected chi connectivity index (χ2v) is 39.2. The summed E-state index contributed by atoms with van der Waals surface area (Å²) in [7, 11) is 0. The smallest absolute Gasteiger partial charge is 0.138 e. The molecule has 0 saturated carbocycles. The first-order chi connectivity index (χ1) is 68.7. The molecular formula is C124H78Cl8N4O2S2. The van der Waals surface area contributed by atoms with Crippen molar-refractivity contribution in [2.24, 2.45) is 0 Å². The number of benzene rings is 21. The molecule has 16 heteroatoms. The van der Waals surface area contributed by atoms with E-state index < -0.39 is 0 Å². The van der Waals surface area contributed by atoms with Gasteiger partial charge in [-0.15, -0.1) is 22.7 Å². The number of fused-ring (bicyclic) bond motifs is 14. The number of rotatable bonds is 16. The fourth-order valence-corrected chi connectivity index (χ4v) is 23.3. The Morgan fingerprint density at radius 2 is 0.464 bits per heavy atom. The third-order valence-corrected chi connectivity index (χ3v) is 28.9. The average Bonchev–Trinajstić information content (AvgIpc) is 1.50. The highest BCUT2D eigenvalue weighted by Gasteiger charge is 2.28. The van der Waals surface area contributed by atoms with Crippen molar-refractivity contribution in [2.75, 3.05) is 19.6 Å². The minimum atomic E-state index is 0.600. The third-order valence-electron chi connectivity index (χ3n) is 24.8. The fourth-order valence-electron chi connectivity index (χ4n) is 18.8. The van der Waals surface area contributed by atoms with Gasteiger partial charge in [-0.2, -0.15) is 0 Å². The number of thiophene rings is 2. The van der Waals surface area contributed by atoms with Crippen LogP contribution in [0, 0.1) is 0 Å². The first kappa shape index (κ1) is 90.6. The Morgan fingerprint density at radius 3 is 0.921 bits per heavy atom. The molecule has 0 saturated heterocycles. The molecule has 140 heavy (non-hydrogen) atoms. The van der Waals surface area contributed by atoms with Crippen molar-refractivity contribution in [3.8, 4) is 44.5 Å². The van der Waals surface area contributed by atoms with Crippen LogP contribution in [-0.2, 0) is 0 Å². The summed E-state index contributed by atoms with van der Waals surface area (Å²) in [6.07, 6.45) is 0. The van der Waals surface area contributed by atoms with E-state index >= 15 is 0 Å². The highest BCUT2D eigenvalue weighted by Crippen LogP contribution is 2.53. The van der Waals surface area contributed by atoms with Gasteiger partial charge in [0.25, 0.3) is 0 Å². The summed E-state index contributed by atoms with van der Waals surface area (Å²) in [5.41, 5.74) is 24.2. The van der Waals surface area contributed by atoms with Crippen LogP contribution in [0.1, 0.15) is 0 Å². The molecule has 0 aliphatic heterocycles. The SMILES string of the molecule is Clc1cc(Cl)cc(-c2ccccc2N(c2ccccc2)c2cc3oc4ccccc4c3c3ccccc23)c1.Clc1cc(Cl)cc(-c2ccccc2N(c2ccccc2)c2ccc3c(c2)oc2ccccc23)c1.Clc1cc(Cl)cc(-c2ccccc2N(c2ccccc2)c2ccc3c(c2)sc2ccccc23)c1.Clc1cc(Cl)cc(-c2ccccc2N(c2ccccc2)c2cccc3c2sc2ccccc23)c1. The first-order valence-corrected chi connectivity index (χ1v) is 50.0. The van der Waals surface area contributed by atoms with Crippen LogP contribution in [0.4, 0.5) is 68.2 Å². The highest BCUT2D eigenvalue weighted by atomic mass is 35.5. The molecule has 0 bridgehead atoms. The van der Waals surface area contributed by atoms with Gasteiger partial charge in [0.15, 0.2) is 0 Å². The number of halogens is 8. The lowest BCUT2D eigenvalue weighted by atomic mass is 9.98. The standard InChI is InChI=1S/C34H21Cl2NO.C30H19Cl2NO.2C30H19Cl2NS/c35-23-18-22(19-24(36)20-23)26-12-6-8-16-30(26)37(25-10-2-1-3-11-25)31-21-33-34(28-14-5-4-13-27(28)31)29-15-7-9-17-32(29)38-33;31-21-16-20(17-22(32)18-21)25-10-4-6-12-28(25)33(23-8-2-1-3-9-23)24-14-15-27-26-11-5-7-13-29(26)34-30(27)19-24;31-21-17-20(18-22(32)19-21)24-11-4-6-14-27(24)33(23-9-2-1-3-10-23)28-15-8-13-26-25-12-5-7-16-29(25)34-30(26)28;31-21-16-20(17-22(32)18-21)25-10-4-6-12-28(25)33(23-8-2-1-3-9-23)24-14-15-27-26-11-5-7-13-29(26)34-30(27)19-24/h1-21H;3*1-19H. The topological polar surface area (TPSA) is 39.2 Å². The molecule has 21 aromatic carbocycles. The molecule has 25 aromatic rings.